The van der Waals surface area contributed by atoms with E-state index in [1.165, 1.54) is 0 Å². The van der Waals surface area contributed by atoms with Gasteiger partial charge in [0.1, 0.15) is 6.23 Å². The quantitative estimate of drug-likeness (QED) is 0.453. The van der Waals surface area contributed by atoms with E-state index in [4.69, 9.17) is 0 Å². The van der Waals surface area contributed by atoms with Crippen molar-refractivity contribution < 1.29 is 5.11 Å². The van der Waals surface area contributed by atoms with Crippen molar-refractivity contribution in [2.45, 2.75) is 33.5 Å². The first-order chi connectivity index (χ1) is 14.0. The molecule has 1 unspecified atom stereocenters. The maximum atomic E-state index is 12.3. The highest BCUT2D eigenvalue weighted by molar-refractivity contribution is 5.86. The second-order valence-electron chi connectivity index (χ2n) is 7.48. The zero-order valence-corrected chi connectivity index (χ0v) is 16.9. The molecule has 0 aliphatic heterocycles. The number of aromatic amines is 1. The second-order valence-corrected chi connectivity index (χ2v) is 7.48. The number of benzene rings is 2. The van der Waals surface area contributed by atoms with Gasteiger partial charge in [0.15, 0.2) is 0 Å². The van der Waals surface area contributed by atoms with Gasteiger partial charge in [-0.3, -0.25) is 10.1 Å². The zero-order chi connectivity index (χ0) is 20.5. The molecular weight excluding hydrogens is 362 g/mol. The van der Waals surface area contributed by atoms with Crippen molar-refractivity contribution in [2.24, 2.45) is 0 Å². The molecule has 0 aliphatic carbocycles. The molecule has 0 radical (unpaired) electrons. The maximum Gasteiger partial charge on any atom is 0.252 e. The molecule has 0 spiro atoms. The zero-order valence-electron chi connectivity index (χ0n) is 16.9. The Kier molecular flexibility index (Phi) is 5.09. The van der Waals surface area contributed by atoms with Crippen molar-refractivity contribution in [2.75, 3.05) is 0 Å². The first kappa shape index (κ1) is 19.2. The van der Waals surface area contributed by atoms with E-state index in [1.54, 1.807) is 0 Å². The molecule has 148 valence electrons. The van der Waals surface area contributed by atoms with Crippen LogP contribution in [0.25, 0.3) is 16.6 Å². The summed E-state index contributed by atoms with van der Waals surface area (Å²) in [5, 5.41) is 15.0. The number of hydrogen-bond acceptors (Lipinski definition) is 3. The predicted octanol–water partition coefficient (Wildman–Crippen LogP) is 4.02. The van der Waals surface area contributed by atoms with Crippen molar-refractivity contribution in [1.29, 1.82) is 0 Å². The second kappa shape index (κ2) is 7.70. The van der Waals surface area contributed by atoms with Gasteiger partial charge in [0.2, 0.25) is 0 Å². The maximum absolute atomic E-state index is 12.3. The van der Waals surface area contributed by atoms with Gasteiger partial charge in [0, 0.05) is 40.6 Å². The molecule has 4 aromatic rings. The summed E-state index contributed by atoms with van der Waals surface area (Å²) in [5.74, 6) is 0. The van der Waals surface area contributed by atoms with E-state index in [0.29, 0.717) is 5.56 Å². The molecule has 2 aromatic heterocycles. The van der Waals surface area contributed by atoms with Crippen LogP contribution in [0.1, 0.15) is 34.2 Å². The summed E-state index contributed by atoms with van der Waals surface area (Å²) in [6.45, 7) is 6.13. The molecule has 2 heterocycles. The highest BCUT2D eigenvalue weighted by Gasteiger charge is 2.17. The third-order valence-electron chi connectivity index (χ3n) is 5.38. The van der Waals surface area contributed by atoms with Crippen LogP contribution in [0.3, 0.4) is 0 Å². The fourth-order valence-corrected chi connectivity index (χ4v) is 3.87. The summed E-state index contributed by atoms with van der Waals surface area (Å²) >= 11 is 0. The first-order valence-corrected chi connectivity index (χ1v) is 9.72. The average molecular weight is 387 g/mol. The minimum atomic E-state index is -0.898. The van der Waals surface area contributed by atoms with Gasteiger partial charge < -0.3 is 14.7 Å². The van der Waals surface area contributed by atoms with E-state index < -0.39 is 6.23 Å². The topological polar surface area (TPSA) is 70.0 Å². The van der Waals surface area contributed by atoms with E-state index in [0.717, 1.165) is 39.0 Å². The molecule has 0 bridgehead atoms. The molecule has 1 atom stereocenters. The Bertz CT molecular complexity index is 1240. The van der Waals surface area contributed by atoms with Crippen LogP contribution in [0.15, 0.2) is 65.6 Å². The fraction of sp³-hybridized carbons (Fsp3) is 0.208. The van der Waals surface area contributed by atoms with Crippen molar-refractivity contribution >= 4 is 10.9 Å². The lowest BCUT2D eigenvalue weighted by Gasteiger charge is -2.13. The number of nitrogens with one attached hydrogen (secondary N) is 2. The first-order valence-electron chi connectivity index (χ1n) is 9.72. The van der Waals surface area contributed by atoms with E-state index in [-0.39, 0.29) is 12.1 Å². The number of nitrogens with zero attached hydrogens (tertiary/aromatic N) is 1. The van der Waals surface area contributed by atoms with Crippen molar-refractivity contribution in [1.82, 2.24) is 14.9 Å². The Labute approximate surface area is 169 Å². The molecule has 0 saturated heterocycles. The van der Waals surface area contributed by atoms with Crippen LogP contribution in [0, 0.1) is 20.8 Å². The minimum Gasteiger partial charge on any atom is -0.374 e. The van der Waals surface area contributed by atoms with Crippen molar-refractivity contribution in [3.8, 4) is 5.69 Å². The number of H-pyrrole nitrogens is 1. The average Bonchev–Trinajstić information content (AvgIpc) is 3.07. The highest BCUT2D eigenvalue weighted by Crippen LogP contribution is 2.29. The van der Waals surface area contributed by atoms with Gasteiger partial charge in [-0.25, -0.2) is 0 Å². The van der Waals surface area contributed by atoms with Gasteiger partial charge in [-0.2, -0.15) is 0 Å². The number of para-hydroxylation sites is 2. The van der Waals surface area contributed by atoms with E-state index in [9.17, 15) is 9.90 Å². The molecule has 0 fully saturated rings. The lowest BCUT2D eigenvalue weighted by Crippen LogP contribution is -2.26. The molecule has 5 nitrogen and oxygen atoms in total. The summed E-state index contributed by atoms with van der Waals surface area (Å²) < 4.78 is 2.11. The Hall–Kier alpha value is -3.15. The molecule has 3 N–H and O–H groups in total. The summed E-state index contributed by atoms with van der Waals surface area (Å²) in [5.41, 5.74) is 6.30. The third kappa shape index (κ3) is 3.62. The Morgan fingerprint density at radius 2 is 1.76 bits per heavy atom. The smallest absolute Gasteiger partial charge is 0.252 e. The summed E-state index contributed by atoms with van der Waals surface area (Å²) in [6.07, 6.45) is 1.07. The monoisotopic (exact) mass is 387 g/mol. The SMILES string of the molecule is Cc1cc(C)c(CNC(O)c2cn(-c3ccccc3C)c3ccccc23)c(=O)[nH]1. The lowest BCUT2D eigenvalue weighted by atomic mass is 10.1. The molecule has 4 rings (SSSR count). The van der Waals surface area contributed by atoms with Gasteiger partial charge in [-0.15, -0.1) is 0 Å². The van der Waals surface area contributed by atoms with Crippen LogP contribution >= 0.6 is 0 Å². The Balaban J connectivity index is 1.70. The number of aliphatic hydroxyl groups is 1. The van der Waals surface area contributed by atoms with Crippen molar-refractivity contribution in [3.63, 3.8) is 0 Å². The van der Waals surface area contributed by atoms with Crippen LogP contribution in [0.4, 0.5) is 0 Å². The molecule has 29 heavy (non-hydrogen) atoms. The van der Waals surface area contributed by atoms with Gasteiger partial charge in [0.05, 0.1) is 5.52 Å². The Morgan fingerprint density at radius 3 is 2.52 bits per heavy atom. The minimum absolute atomic E-state index is 0.121. The van der Waals surface area contributed by atoms with Crippen LogP contribution in [0.5, 0.6) is 0 Å². The van der Waals surface area contributed by atoms with Crippen molar-refractivity contribution in [3.05, 3.63) is 99.1 Å². The van der Waals surface area contributed by atoms with E-state index in [2.05, 4.69) is 33.9 Å². The van der Waals surface area contributed by atoms with Crippen LogP contribution < -0.4 is 10.9 Å². The number of aliphatic hydroxyl groups excluding tert-OH is 1. The van der Waals surface area contributed by atoms with Crippen LogP contribution in [-0.2, 0) is 6.54 Å². The number of aryl methyl sites for hydroxylation is 3. The van der Waals surface area contributed by atoms with Crippen LogP contribution in [-0.4, -0.2) is 14.7 Å². The fourth-order valence-electron chi connectivity index (χ4n) is 3.87. The molecule has 5 heteroatoms. The number of rotatable bonds is 5. The normalized spacial score (nSPS) is 12.4. The van der Waals surface area contributed by atoms with E-state index >= 15 is 0 Å². The standard InChI is InChI=1S/C24H25N3O2/c1-15-8-4-6-10-21(15)27-14-20(18-9-5-7-11-22(18)27)23(28)25-13-19-16(2)12-17(3)26-24(19)29/h4-12,14,23,25,28H,13H2,1-3H3,(H,26,29). The third-order valence-corrected chi connectivity index (χ3v) is 5.38. The van der Waals surface area contributed by atoms with Gasteiger partial charge >= 0.3 is 0 Å². The number of pyridine rings is 1. The van der Waals surface area contributed by atoms with Gasteiger partial charge in [-0.05, 0) is 50.1 Å². The van der Waals surface area contributed by atoms with Gasteiger partial charge in [-0.1, -0.05) is 36.4 Å². The van der Waals surface area contributed by atoms with Crippen LogP contribution in [0.2, 0.25) is 0 Å². The van der Waals surface area contributed by atoms with E-state index in [1.807, 2.05) is 62.5 Å². The molecule has 2 aromatic carbocycles. The summed E-state index contributed by atoms with van der Waals surface area (Å²) in [7, 11) is 0. The number of hydrogen-bond donors (Lipinski definition) is 3. The number of fused-ring (bicyclic) bond motifs is 1. The number of aromatic nitrogens is 2. The Morgan fingerprint density at radius 1 is 1.03 bits per heavy atom. The summed E-state index contributed by atoms with van der Waals surface area (Å²) in [4.78, 5) is 15.1. The highest BCUT2D eigenvalue weighted by atomic mass is 16.3. The lowest BCUT2D eigenvalue weighted by molar-refractivity contribution is 0.138. The van der Waals surface area contributed by atoms with Gasteiger partial charge in [0.25, 0.3) is 5.56 Å². The largest absolute Gasteiger partial charge is 0.374 e. The predicted molar refractivity (Wildman–Crippen MR) is 116 cm³/mol. The molecule has 0 saturated carbocycles. The molecule has 0 amide bonds. The molecular formula is C24H25N3O2. The molecule has 0 aliphatic rings. The summed E-state index contributed by atoms with van der Waals surface area (Å²) in [6, 6.07) is 18.1.